The maximum atomic E-state index is 12.5. The standard InChI is InChI=1S/C21H27N5O3/c27-19(24-17-6-3-1-2-4-7-17)16-14-22-21(23-15-16)26-11-9-25(10-12-26)20(28)18-8-5-13-29-18/h5,8,13-15,17H,1-4,6-7,9-12H2,(H,24,27). The fourth-order valence-electron chi connectivity index (χ4n) is 3.96. The lowest BCUT2D eigenvalue weighted by Gasteiger charge is -2.34. The largest absolute Gasteiger partial charge is 0.459 e. The molecular weight excluding hydrogens is 370 g/mol. The number of amides is 2. The van der Waals surface area contributed by atoms with Gasteiger partial charge in [0, 0.05) is 44.6 Å². The molecule has 2 aromatic heterocycles. The average Bonchev–Trinajstić information content (AvgIpc) is 3.19. The van der Waals surface area contributed by atoms with E-state index in [1.807, 2.05) is 4.90 Å². The Hall–Kier alpha value is -2.90. The van der Waals surface area contributed by atoms with Crippen molar-refractivity contribution in [3.8, 4) is 0 Å². The molecule has 4 rings (SSSR count). The molecule has 8 nitrogen and oxygen atoms in total. The molecule has 0 spiro atoms. The number of rotatable bonds is 4. The summed E-state index contributed by atoms with van der Waals surface area (Å²) in [6.07, 6.45) is 11.6. The van der Waals surface area contributed by atoms with E-state index in [1.165, 1.54) is 31.9 Å². The van der Waals surface area contributed by atoms with Crippen LogP contribution in [0.25, 0.3) is 0 Å². The summed E-state index contributed by atoms with van der Waals surface area (Å²) in [5.41, 5.74) is 0.490. The van der Waals surface area contributed by atoms with Crippen molar-refractivity contribution in [1.82, 2.24) is 20.2 Å². The maximum Gasteiger partial charge on any atom is 0.289 e. The number of carbonyl (C=O) groups excluding carboxylic acids is 2. The van der Waals surface area contributed by atoms with Crippen LogP contribution in [0.15, 0.2) is 35.2 Å². The van der Waals surface area contributed by atoms with Crippen molar-refractivity contribution in [3.63, 3.8) is 0 Å². The van der Waals surface area contributed by atoms with Gasteiger partial charge in [0.15, 0.2) is 5.76 Å². The number of hydrogen-bond acceptors (Lipinski definition) is 6. The monoisotopic (exact) mass is 397 g/mol. The molecule has 0 radical (unpaired) electrons. The summed E-state index contributed by atoms with van der Waals surface area (Å²) < 4.78 is 5.19. The van der Waals surface area contributed by atoms with Gasteiger partial charge < -0.3 is 19.5 Å². The topological polar surface area (TPSA) is 91.6 Å². The van der Waals surface area contributed by atoms with E-state index in [4.69, 9.17) is 4.42 Å². The number of carbonyl (C=O) groups is 2. The highest BCUT2D eigenvalue weighted by atomic mass is 16.3. The number of nitrogens with zero attached hydrogens (tertiary/aromatic N) is 4. The Morgan fingerprint density at radius 3 is 2.31 bits per heavy atom. The third-order valence-electron chi connectivity index (χ3n) is 5.67. The van der Waals surface area contributed by atoms with Gasteiger partial charge in [-0.15, -0.1) is 0 Å². The number of anilines is 1. The van der Waals surface area contributed by atoms with Crippen LogP contribution in [0.5, 0.6) is 0 Å². The fourth-order valence-corrected chi connectivity index (χ4v) is 3.96. The zero-order valence-electron chi connectivity index (χ0n) is 16.5. The SMILES string of the molecule is O=C(NC1CCCCCC1)c1cnc(N2CCN(C(=O)c3ccco3)CC2)nc1. The summed E-state index contributed by atoms with van der Waals surface area (Å²) in [5, 5.41) is 3.12. The van der Waals surface area contributed by atoms with Gasteiger partial charge in [-0.1, -0.05) is 25.7 Å². The van der Waals surface area contributed by atoms with E-state index in [9.17, 15) is 9.59 Å². The van der Waals surface area contributed by atoms with Gasteiger partial charge in [-0.05, 0) is 25.0 Å². The van der Waals surface area contributed by atoms with Gasteiger partial charge in [-0.2, -0.15) is 0 Å². The zero-order valence-corrected chi connectivity index (χ0v) is 16.5. The van der Waals surface area contributed by atoms with Crippen molar-refractivity contribution in [2.24, 2.45) is 0 Å². The summed E-state index contributed by atoms with van der Waals surface area (Å²) in [6.45, 7) is 2.43. The second-order valence-electron chi connectivity index (χ2n) is 7.69. The Kier molecular flexibility index (Phi) is 6.07. The third-order valence-corrected chi connectivity index (χ3v) is 5.67. The van der Waals surface area contributed by atoms with Crippen LogP contribution in [0, 0.1) is 0 Å². The maximum absolute atomic E-state index is 12.5. The molecule has 2 amide bonds. The molecule has 29 heavy (non-hydrogen) atoms. The minimum absolute atomic E-state index is 0.0962. The van der Waals surface area contributed by atoms with Crippen LogP contribution in [0.3, 0.4) is 0 Å². The molecule has 2 aliphatic rings. The van der Waals surface area contributed by atoms with E-state index in [-0.39, 0.29) is 17.9 Å². The Labute approximate surface area is 170 Å². The van der Waals surface area contributed by atoms with Gasteiger partial charge in [-0.3, -0.25) is 9.59 Å². The molecule has 154 valence electrons. The molecule has 1 saturated carbocycles. The second kappa shape index (κ2) is 9.07. The number of nitrogens with one attached hydrogen (secondary N) is 1. The third kappa shape index (κ3) is 4.75. The van der Waals surface area contributed by atoms with Crippen molar-refractivity contribution in [2.45, 2.75) is 44.6 Å². The highest BCUT2D eigenvalue weighted by Gasteiger charge is 2.25. The lowest BCUT2D eigenvalue weighted by molar-refractivity contribution is 0.0714. The van der Waals surface area contributed by atoms with E-state index >= 15 is 0 Å². The van der Waals surface area contributed by atoms with Crippen LogP contribution < -0.4 is 10.2 Å². The summed E-state index contributed by atoms with van der Waals surface area (Å²) in [7, 11) is 0. The summed E-state index contributed by atoms with van der Waals surface area (Å²) in [5.74, 6) is 0.748. The Bertz CT molecular complexity index is 805. The number of aromatic nitrogens is 2. The first kappa shape index (κ1) is 19.4. The average molecular weight is 397 g/mol. The normalized spacial score (nSPS) is 18.3. The van der Waals surface area contributed by atoms with Crippen LogP contribution in [-0.4, -0.2) is 58.9 Å². The lowest BCUT2D eigenvalue weighted by atomic mass is 10.1. The Morgan fingerprint density at radius 1 is 1.00 bits per heavy atom. The van der Waals surface area contributed by atoms with E-state index in [0.717, 1.165) is 12.8 Å². The van der Waals surface area contributed by atoms with Crippen molar-refractivity contribution >= 4 is 17.8 Å². The zero-order chi connectivity index (χ0) is 20.1. The number of piperazine rings is 1. The molecule has 1 N–H and O–H groups in total. The lowest BCUT2D eigenvalue weighted by Crippen LogP contribution is -2.49. The van der Waals surface area contributed by atoms with E-state index in [2.05, 4.69) is 15.3 Å². The first-order chi connectivity index (χ1) is 14.2. The summed E-state index contributed by atoms with van der Waals surface area (Å²) in [6, 6.07) is 3.64. The molecule has 2 aromatic rings. The molecule has 3 heterocycles. The molecule has 0 bridgehead atoms. The molecule has 8 heteroatoms. The summed E-state index contributed by atoms with van der Waals surface area (Å²) >= 11 is 0. The van der Waals surface area contributed by atoms with Crippen LogP contribution in [0.2, 0.25) is 0 Å². The molecule has 0 atom stereocenters. The molecule has 0 aromatic carbocycles. The number of hydrogen-bond donors (Lipinski definition) is 1. The van der Waals surface area contributed by atoms with Crippen LogP contribution in [0.4, 0.5) is 5.95 Å². The van der Waals surface area contributed by atoms with Crippen LogP contribution in [0.1, 0.15) is 59.4 Å². The molecular formula is C21H27N5O3. The van der Waals surface area contributed by atoms with Crippen molar-refractivity contribution in [2.75, 3.05) is 31.1 Å². The quantitative estimate of drug-likeness (QED) is 0.797. The highest BCUT2D eigenvalue weighted by Crippen LogP contribution is 2.18. The van der Waals surface area contributed by atoms with Gasteiger partial charge in [0.25, 0.3) is 11.8 Å². The predicted molar refractivity (Wildman–Crippen MR) is 108 cm³/mol. The van der Waals surface area contributed by atoms with Crippen LogP contribution >= 0.6 is 0 Å². The van der Waals surface area contributed by atoms with Gasteiger partial charge in [0.2, 0.25) is 5.95 Å². The summed E-state index contributed by atoms with van der Waals surface area (Å²) in [4.78, 5) is 37.4. The van der Waals surface area contributed by atoms with Gasteiger partial charge in [0.1, 0.15) is 0 Å². The predicted octanol–water partition coefficient (Wildman–Crippen LogP) is 2.48. The number of furan rings is 1. The molecule has 1 saturated heterocycles. The van der Waals surface area contributed by atoms with E-state index in [1.54, 1.807) is 29.4 Å². The molecule has 0 unspecified atom stereocenters. The van der Waals surface area contributed by atoms with Crippen molar-refractivity contribution in [1.29, 1.82) is 0 Å². The first-order valence-electron chi connectivity index (χ1n) is 10.4. The molecule has 1 aliphatic carbocycles. The van der Waals surface area contributed by atoms with Crippen molar-refractivity contribution < 1.29 is 14.0 Å². The van der Waals surface area contributed by atoms with Gasteiger partial charge in [-0.25, -0.2) is 9.97 Å². The second-order valence-corrected chi connectivity index (χ2v) is 7.69. The van der Waals surface area contributed by atoms with E-state index < -0.39 is 0 Å². The smallest absolute Gasteiger partial charge is 0.289 e. The van der Waals surface area contributed by atoms with Crippen LogP contribution in [-0.2, 0) is 0 Å². The van der Waals surface area contributed by atoms with Crippen molar-refractivity contribution in [3.05, 3.63) is 42.1 Å². The minimum atomic E-state index is -0.0997. The molecule has 2 fully saturated rings. The first-order valence-corrected chi connectivity index (χ1v) is 10.4. The fraction of sp³-hybridized carbons (Fsp3) is 0.524. The van der Waals surface area contributed by atoms with Gasteiger partial charge >= 0.3 is 0 Å². The Morgan fingerprint density at radius 2 is 1.69 bits per heavy atom. The van der Waals surface area contributed by atoms with Gasteiger partial charge in [0.05, 0.1) is 11.8 Å². The highest BCUT2D eigenvalue weighted by molar-refractivity contribution is 5.94. The molecule has 1 aliphatic heterocycles. The van der Waals surface area contributed by atoms with E-state index in [0.29, 0.717) is 43.5 Å². The Balaban J connectivity index is 1.30. The minimum Gasteiger partial charge on any atom is -0.459 e.